The Morgan fingerprint density at radius 1 is 0.939 bits per heavy atom. The molecule has 1 aliphatic rings. The predicted octanol–water partition coefficient (Wildman–Crippen LogP) is 6.21. The van der Waals surface area contributed by atoms with Gasteiger partial charge in [-0.1, -0.05) is 90.2 Å². The molecule has 0 aliphatic carbocycles. The molecule has 0 fully saturated rings. The molecule has 3 heterocycles. The Kier molecular flexibility index (Phi) is 8.79. The number of nitrogens with zero attached hydrogens (tertiary/aromatic N) is 4. The summed E-state index contributed by atoms with van der Waals surface area (Å²) in [4.78, 5) is 33.7. The molecule has 6 aromatic rings. The van der Waals surface area contributed by atoms with E-state index in [0.29, 0.717) is 45.1 Å². The summed E-state index contributed by atoms with van der Waals surface area (Å²) in [6.07, 6.45) is 3.91. The second-order valence-corrected chi connectivity index (χ2v) is 12.4. The van der Waals surface area contributed by atoms with Crippen LogP contribution in [-0.2, 0) is 16.1 Å². The van der Waals surface area contributed by atoms with Gasteiger partial charge in [0.05, 0.1) is 46.7 Å². The van der Waals surface area contributed by atoms with Crippen molar-refractivity contribution < 1.29 is 14.3 Å². The quantitative estimate of drug-likeness (QED) is 0.171. The highest BCUT2D eigenvalue weighted by Crippen LogP contribution is 2.36. The summed E-state index contributed by atoms with van der Waals surface area (Å²) in [6.45, 7) is 4.87. The Hall–Kier alpha value is -5.98. The fourth-order valence-corrected chi connectivity index (χ4v) is 7.27. The zero-order valence-electron chi connectivity index (χ0n) is 27.0. The Morgan fingerprint density at radius 3 is 2.43 bits per heavy atom. The number of nitriles is 1. The van der Waals surface area contributed by atoms with Crippen LogP contribution in [0.5, 0.6) is 5.75 Å². The molecule has 0 spiro atoms. The lowest BCUT2D eigenvalue weighted by Gasteiger charge is -2.26. The zero-order chi connectivity index (χ0) is 33.9. The van der Waals surface area contributed by atoms with Crippen LogP contribution in [0.15, 0.2) is 125 Å². The molecule has 7 rings (SSSR count). The van der Waals surface area contributed by atoms with Gasteiger partial charge in [-0.3, -0.25) is 9.36 Å². The van der Waals surface area contributed by atoms with Crippen LogP contribution in [0.3, 0.4) is 0 Å². The largest absolute Gasteiger partial charge is 0.494 e. The highest BCUT2D eigenvalue weighted by atomic mass is 32.1. The van der Waals surface area contributed by atoms with Crippen LogP contribution < -0.4 is 19.6 Å². The molecule has 0 saturated carbocycles. The fourth-order valence-electron chi connectivity index (χ4n) is 6.28. The van der Waals surface area contributed by atoms with Gasteiger partial charge in [-0.05, 0) is 55.3 Å². The van der Waals surface area contributed by atoms with Crippen molar-refractivity contribution in [2.75, 3.05) is 13.2 Å². The van der Waals surface area contributed by atoms with Crippen molar-refractivity contribution in [3.05, 3.63) is 162 Å². The first-order valence-electron chi connectivity index (χ1n) is 16.1. The summed E-state index contributed by atoms with van der Waals surface area (Å²) in [5, 5.41) is 10.7. The van der Waals surface area contributed by atoms with Crippen LogP contribution in [0.2, 0.25) is 0 Å². The number of para-hydroxylation sites is 1. The molecule has 1 atom stereocenters. The fraction of sp³-hybridized carbons (Fsp3) is 0.150. The number of rotatable bonds is 9. The van der Waals surface area contributed by atoms with E-state index < -0.39 is 12.0 Å². The molecule has 0 saturated heterocycles. The van der Waals surface area contributed by atoms with E-state index in [2.05, 4.69) is 10.6 Å². The van der Waals surface area contributed by atoms with Gasteiger partial charge in [0.2, 0.25) is 0 Å². The van der Waals surface area contributed by atoms with Crippen LogP contribution in [0.4, 0.5) is 0 Å². The third kappa shape index (κ3) is 5.99. The molecule has 9 heteroatoms. The predicted molar refractivity (Wildman–Crippen MR) is 191 cm³/mol. The van der Waals surface area contributed by atoms with E-state index in [1.165, 1.54) is 11.3 Å². The highest BCUT2D eigenvalue weighted by molar-refractivity contribution is 7.07. The van der Waals surface area contributed by atoms with Crippen LogP contribution in [0, 0.1) is 11.3 Å². The number of ether oxygens (including phenoxy) is 2. The van der Waals surface area contributed by atoms with Crippen molar-refractivity contribution in [3.63, 3.8) is 0 Å². The van der Waals surface area contributed by atoms with E-state index in [0.717, 1.165) is 33.2 Å². The number of carbonyl (C=O) groups is 1. The Labute approximate surface area is 286 Å². The van der Waals surface area contributed by atoms with E-state index in [1.54, 1.807) is 11.5 Å². The summed E-state index contributed by atoms with van der Waals surface area (Å²) < 4.78 is 15.5. The second-order valence-electron chi connectivity index (χ2n) is 11.4. The minimum Gasteiger partial charge on any atom is -0.494 e. The first kappa shape index (κ1) is 31.6. The zero-order valence-corrected chi connectivity index (χ0v) is 27.8. The number of carbonyl (C=O) groups excluding carboxylic acids is 1. The number of thiazole rings is 1. The van der Waals surface area contributed by atoms with Gasteiger partial charge in [0.1, 0.15) is 5.75 Å². The monoisotopic (exact) mass is 664 g/mol. The third-order valence-corrected chi connectivity index (χ3v) is 9.45. The van der Waals surface area contributed by atoms with Gasteiger partial charge in [0.15, 0.2) is 4.80 Å². The van der Waals surface area contributed by atoms with Crippen molar-refractivity contribution in [1.82, 2.24) is 9.13 Å². The third-order valence-electron chi connectivity index (χ3n) is 8.47. The van der Waals surface area contributed by atoms with Crippen molar-refractivity contribution in [3.8, 4) is 11.8 Å². The van der Waals surface area contributed by atoms with Gasteiger partial charge >= 0.3 is 5.97 Å². The molecule has 242 valence electrons. The summed E-state index contributed by atoms with van der Waals surface area (Å²) in [5.74, 6) is 0.163. The van der Waals surface area contributed by atoms with Gasteiger partial charge in [0.25, 0.3) is 5.56 Å². The number of esters is 1. The van der Waals surface area contributed by atoms with Crippen LogP contribution in [0.1, 0.15) is 47.7 Å². The van der Waals surface area contributed by atoms with Crippen molar-refractivity contribution in [2.45, 2.75) is 26.4 Å². The molecular weight excluding hydrogens is 633 g/mol. The molecular formula is C40H32N4O4S. The maximum atomic E-state index is 14.5. The smallest absolute Gasteiger partial charge is 0.338 e. The molecule has 1 aliphatic heterocycles. The van der Waals surface area contributed by atoms with Crippen LogP contribution in [-0.4, -0.2) is 28.3 Å². The van der Waals surface area contributed by atoms with Gasteiger partial charge in [-0.15, -0.1) is 0 Å². The van der Waals surface area contributed by atoms with E-state index in [4.69, 9.17) is 14.5 Å². The van der Waals surface area contributed by atoms with Crippen LogP contribution >= 0.6 is 11.3 Å². The molecule has 4 aromatic carbocycles. The van der Waals surface area contributed by atoms with Crippen molar-refractivity contribution in [2.24, 2.45) is 4.99 Å². The molecule has 0 N–H and O–H groups in total. The lowest BCUT2D eigenvalue weighted by atomic mass is 9.93. The maximum Gasteiger partial charge on any atom is 0.338 e. The van der Waals surface area contributed by atoms with Crippen LogP contribution in [0.25, 0.3) is 22.7 Å². The Morgan fingerprint density at radius 2 is 1.67 bits per heavy atom. The Balaban J connectivity index is 1.44. The normalized spacial score (nSPS) is 14.3. The Bertz CT molecular complexity index is 2450. The standard InChI is InChI=1S/C40H32N4O4S/c1-3-47-31-20-18-27(19-21-31)37-35(39(46)48-4-2)36(26-12-6-5-7-13-26)42-40-44(37)38(45)34(49-40)22-30-25-43(33-17-11-10-16-32(30)33)24-29-15-9-8-14-28(29)23-41/h5-22,25,37H,3-4,24H2,1-2H3/b34-22+/t37-/m0/s1. The number of fused-ring (bicyclic) bond motifs is 2. The molecule has 8 nitrogen and oxygen atoms in total. The SMILES string of the molecule is CCOC(=O)C1=C(c2ccccc2)N=c2s/c(=C/c3cn(Cc4ccccc4C#N)c4ccccc34)c(=O)n2[C@H]1c1ccc(OCC)cc1. The molecule has 49 heavy (non-hydrogen) atoms. The summed E-state index contributed by atoms with van der Waals surface area (Å²) >= 11 is 1.28. The first-order chi connectivity index (χ1) is 24.0. The maximum absolute atomic E-state index is 14.5. The topological polar surface area (TPSA) is 98.6 Å². The summed E-state index contributed by atoms with van der Waals surface area (Å²) in [7, 11) is 0. The van der Waals surface area contributed by atoms with Crippen molar-refractivity contribution >= 4 is 40.0 Å². The van der Waals surface area contributed by atoms with E-state index in [1.807, 2.05) is 122 Å². The number of hydrogen-bond donors (Lipinski definition) is 0. The van der Waals surface area contributed by atoms with E-state index in [-0.39, 0.29) is 12.2 Å². The number of hydrogen-bond acceptors (Lipinski definition) is 7. The lowest BCUT2D eigenvalue weighted by Crippen LogP contribution is -2.40. The minimum absolute atomic E-state index is 0.174. The second kappa shape index (κ2) is 13.6. The first-order valence-corrected chi connectivity index (χ1v) is 16.9. The van der Waals surface area contributed by atoms with Gasteiger partial charge < -0.3 is 14.0 Å². The molecule has 0 unspecified atom stereocenters. The minimum atomic E-state index is -0.785. The summed E-state index contributed by atoms with van der Waals surface area (Å²) in [5.41, 5.74) is 5.36. The lowest BCUT2D eigenvalue weighted by molar-refractivity contribution is -0.138. The average molecular weight is 665 g/mol. The number of benzene rings is 4. The van der Waals surface area contributed by atoms with Crippen molar-refractivity contribution in [1.29, 1.82) is 5.26 Å². The van der Waals surface area contributed by atoms with Gasteiger partial charge in [-0.25, -0.2) is 9.79 Å². The van der Waals surface area contributed by atoms with E-state index >= 15 is 0 Å². The number of aromatic nitrogens is 2. The van der Waals surface area contributed by atoms with Gasteiger partial charge in [-0.2, -0.15) is 5.26 Å². The van der Waals surface area contributed by atoms with Gasteiger partial charge in [0, 0.05) is 34.8 Å². The highest BCUT2D eigenvalue weighted by Gasteiger charge is 2.35. The molecule has 2 aromatic heterocycles. The van der Waals surface area contributed by atoms with E-state index in [9.17, 15) is 14.9 Å². The molecule has 0 amide bonds. The molecule has 0 radical (unpaired) electrons. The summed E-state index contributed by atoms with van der Waals surface area (Å²) in [6, 6.07) is 34.0. The average Bonchev–Trinajstić information content (AvgIpc) is 3.64. The molecule has 0 bridgehead atoms.